The molecule has 10 nitrogen and oxygen atoms in total. The van der Waals surface area contributed by atoms with Crippen LogP contribution in [0.25, 0.3) is 16.7 Å². The molecule has 0 atom stereocenters. The molecule has 2 N–H and O–H groups in total. The first-order chi connectivity index (χ1) is 17.1. The van der Waals surface area contributed by atoms with E-state index in [0.717, 1.165) is 35.4 Å². The number of carbonyl (C=O) groups is 1. The number of para-hydroxylation sites is 1. The lowest BCUT2D eigenvalue weighted by Gasteiger charge is -2.12. The number of hydrogen-bond acceptors (Lipinski definition) is 8. The van der Waals surface area contributed by atoms with Crippen LogP contribution in [0, 0.1) is 6.92 Å². The highest BCUT2D eigenvalue weighted by atomic mass is 16.5. The Morgan fingerprint density at radius 2 is 1.86 bits per heavy atom. The molecule has 184 valence electrons. The first-order valence-electron chi connectivity index (χ1n) is 11.5. The maximum absolute atomic E-state index is 12.4. The minimum Gasteiger partial charge on any atom is -0.496 e. The fourth-order valence-corrected chi connectivity index (χ4v) is 3.79. The Kier molecular flexibility index (Phi) is 7.94. The summed E-state index contributed by atoms with van der Waals surface area (Å²) in [6.07, 6.45) is 1.65. The first-order valence-corrected chi connectivity index (χ1v) is 11.5. The number of aromatic nitrogens is 4. The molecule has 0 aliphatic rings. The quantitative estimate of drug-likeness (QED) is 0.299. The van der Waals surface area contributed by atoms with Gasteiger partial charge in [-0.05, 0) is 44.0 Å². The number of aryl methyl sites for hydroxylation is 1. The second kappa shape index (κ2) is 11.5. The van der Waals surface area contributed by atoms with E-state index in [-0.39, 0.29) is 5.91 Å². The van der Waals surface area contributed by atoms with Crippen molar-refractivity contribution in [3.8, 4) is 11.5 Å². The Bertz CT molecular complexity index is 1310. The van der Waals surface area contributed by atoms with Gasteiger partial charge in [0.2, 0.25) is 5.65 Å². The molecule has 0 fully saturated rings. The first kappa shape index (κ1) is 24.2. The van der Waals surface area contributed by atoms with E-state index in [9.17, 15) is 4.79 Å². The molecule has 4 rings (SSSR count). The van der Waals surface area contributed by atoms with E-state index in [4.69, 9.17) is 19.2 Å². The van der Waals surface area contributed by atoms with Crippen molar-refractivity contribution >= 4 is 28.4 Å². The summed E-state index contributed by atoms with van der Waals surface area (Å²) in [7, 11) is 3.20. The van der Waals surface area contributed by atoms with Gasteiger partial charge in [0.15, 0.2) is 5.82 Å². The second-order valence-corrected chi connectivity index (χ2v) is 7.95. The van der Waals surface area contributed by atoms with E-state index < -0.39 is 0 Å². The molecule has 35 heavy (non-hydrogen) atoms. The third-order valence-electron chi connectivity index (χ3n) is 5.55. The fourth-order valence-electron chi connectivity index (χ4n) is 3.79. The van der Waals surface area contributed by atoms with Crippen molar-refractivity contribution < 1.29 is 19.0 Å². The van der Waals surface area contributed by atoms with Crippen molar-refractivity contribution in [2.24, 2.45) is 0 Å². The normalized spacial score (nSPS) is 11.1. The monoisotopic (exact) mass is 478 g/mol. The summed E-state index contributed by atoms with van der Waals surface area (Å²) < 4.78 is 18.0. The lowest BCUT2D eigenvalue weighted by Crippen LogP contribution is -2.25. The van der Waals surface area contributed by atoms with Gasteiger partial charge in [-0.25, -0.2) is 4.98 Å². The predicted molar refractivity (Wildman–Crippen MR) is 133 cm³/mol. The zero-order valence-corrected chi connectivity index (χ0v) is 20.2. The molecule has 2 heterocycles. The van der Waals surface area contributed by atoms with Crippen LogP contribution in [0.3, 0.4) is 0 Å². The maximum atomic E-state index is 12.4. The molecule has 4 aromatic rings. The van der Waals surface area contributed by atoms with E-state index in [1.54, 1.807) is 26.4 Å². The molecule has 0 saturated carbocycles. The number of benzene rings is 2. The molecule has 0 aliphatic heterocycles. The molecule has 0 aliphatic carbocycles. The highest BCUT2D eigenvalue weighted by molar-refractivity contribution is 5.96. The smallest absolute Gasteiger partial charge is 0.255 e. The number of nitrogens with one attached hydrogen (secondary N) is 2. The topological polar surface area (TPSA) is 112 Å². The Morgan fingerprint density at radius 1 is 1.03 bits per heavy atom. The van der Waals surface area contributed by atoms with Crippen LogP contribution in [-0.4, -0.2) is 66.0 Å². The lowest BCUT2D eigenvalue weighted by molar-refractivity contribution is 0.0950. The number of fused-ring (bicyclic) bond motifs is 3. The van der Waals surface area contributed by atoms with Crippen LogP contribution >= 0.6 is 0 Å². The molecule has 0 saturated heterocycles. The van der Waals surface area contributed by atoms with Gasteiger partial charge in [-0.3, -0.25) is 9.20 Å². The average molecular weight is 479 g/mol. The number of carbonyl (C=O) groups excluding carboxylic acids is 1. The van der Waals surface area contributed by atoms with Crippen LogP contribution in [0.2, 0.25) is 0 Å². The zero-order chi connectivity index (χ0) is 24.6. The molecular formula is C25H30N6O4. The number of hydrogen-bond donors (Lipinski definition) is 2. The van der Waals surface area contributed by atoms with Crippen LogP contribution in [-0.2, 0) is 4.74 Å². The van der Waals surface area contributed by atoms with Crippen LogP contribution in [0.5, 0.6) is 11.5 Å². The van der Waals surface area contributed by atoms with Gasteiger partial charge >= 0.3 is 0 Å². The number of ether oxygens (including phenoxy) is 3. The summed E-state index contributed by atoms with van der Waals surface area (Å²) in [6.45, 7) is 4.13. The summed E-state index contributed by atoms with van der Waals surface area (Å²) in [4.78, 5) is 17.2. The van der Waals surface area contributed by atoms with Gasteiger partial charge in [-0.2, -0.15) is 0 Å². The number of anilines is 1. The molecule has 10 heteroatoms. The predicted octanol–water partition coefficient (Wildman–Crippen LogP) is 3.24. The summed E-state index contributed by atoms with van der Waals surface area (Å²) in [5, 5.41) is 14.9. The van der Waals surface area contributed by atoms with Gasteiger partial charge < -0.3 is 24.8 Å². The van der Waals surface area contributed by atoms with Crippen molar-refractivity contribution in [2.75, 3.05) is 45.8 Å². The Hall–Kier alpha value is -3.92. The van der Waals surface area contributed by atoms with E-state index in [0.29, 0.717) is 49.1 Å². The zero-order valence-electron chi connectivity index (χ0n) is 20.2. The van der Waals surface area contributed by atoms with Crippen LogP contribution < -0.4 is 20.1 Å². The summed E-state index contributed by atoms with van der Waals surface area (Å²) in [5.41, 5.74) is 2.89. The number of unbranched alkanes of at least 4 members (excludes halogenated alkanes) is 1. The third-order valence-corrected chi connectivity index (χ3v) is 5.55. The third kappa shape index (κ3) is 5.60. The second-order valence-electron chi connectivity index (χ2n) is 7.95. The van der Waals surface area contributed by atoms with E-state index in [2.05, 4.69) is 20.8 Å². The highest BCUT2D eigenvalue weighted by Crippen LogP contribution is 2.25. The molecule has 0 spiro atoms. The van der Waals surface area contributed by atoms with Gasteiger partial charge in [-0.1, -0.05) is 12.1 Å². The van der Waals surface area contributed by atoms with Crippen LogP contribution in [0.1, 0.15) is 29.0 Å². The SMILES string of the molecule is COCCOc1ccc2c(c1)nc(NCCCCNC(=O)c1ccccc1OC)c1nnc(C)n12. The van der Waals surface area contributed by atoms with E-state index in [1.165, 1.54) is 0 Å². The molecule has 0 unspecified atom stereocenters. The summed E-state index contributed by atoms with van der Waals surface area (Å²) in [5.74, 6) is 2.58. The van der Waals surface area contributed by atoms with Crippen molar-refractivity contribution in [3.63, 3.8) is 0 Å². The molecule has 2 aromatic carbocycles. The molecular weight excluding hydrogens is 448 g/mol. The number of methoxy groups -OCH3 is 2. The van der Waals surface area contributed by atoms with Crippen LogP contribution in [0.15, 0.2) is 42.5 Å². The van der Waals surface area contributed by atoms with Gasteiger partial charge in [0.25, 0.3) is 5.91 Å². The Balaban J connectivity index is 1.37. The minimum atomic E-state index is -0.143. The van der Waals surface area contributed by atoms with Gasteiger partial charge in [0.05, 0.1) is 30.3 Å². The van der Waals surface area contributed by atoms with Crippen molar-refractivity contribution in [1.82, 2.24) is 24.9 Å². The highest BCUT2D eigenvalue weighted by Gasteiger charge is 2.14. The van der Waals surface area contributed by atoms with Gasteiger partial charge in [0.1, 0.15) is 23.9 Å². The molecule has 2 aromatic heterocycles. The van der Waals surface area contributed by atoms with Gasteiger partial charge in [-0.15, -0.1) is 10.2 Å². The largest absolute Gasteiger partial charge is 0.496 e. The van der Waals surface area contributed by atoms with E-state index in [1.807, 2.05) is 41.7 Å². The summed E-state index contributed by atoms with van der Waals surface area (Å²) in [6, 6.07) is 13.0. The summed E-state index contributed by atoms with van der Waals surface area (Å²) >= 11 is 0. The number of nitrogens with zero attached hydrogens (tertiary/aromatic N) is 4. The van der Waals surface area contributed by atoms with Crippen LogP contribution in [0.4, 0.5) is 5.82 Å². The van der Waals surface area contributed by atoms with Crippen molar-refractivity contribution in [2.45, 2.75) is 19.8 Å². The molecule has 0 radical (unpaired) electrons. The Morgan fingerprint density at radius 3 is 2.69 bits per heavy atom. The van der Waals surface area contributed by atoms with Crippen molar-refractivity contribution in [1.29, 1.82) is 0 Å². The fraction of sp³-hybridized carbons (Fsp3) is 0.360. The maximum Gasteiger partial charge on any atom is 0.255 e. The average Bonchev–Trinajstić information content (AvgIpc) is 3.27. The minimum absolute atomic E-state index is 0.143. The molecule has 1 amide bonds. The molecule has 0 bridgehead atoms. The lowest BCUT2D eigenvalue weighted by atomic mass is 10.2. The number of rotatable bonds is 12. The standard InChI is InChI=1S/C25H30N6O4/c1-17-29-30-24-23(28-20-16-18(35-15-14-33-2)10-11-21(20)31(17)24)26-12-6-7-13-27-25(32)19-8-4-5-9-22(19)34-3/h4-5,8-11,16H,6-7,12-15H2,1-3H3,(H,26,28)(H,27,32). The Labute approximate surface area is 203 Å². The van der Waals surface area contributed by atoms with Gasteiger partial charge in [0, 0.05) is 26.3 Å². The van der Waals surface area contributed by atoms with Crippen molar-refractivity contribution in [3.05, 3.63) is 53.9 Å². The van der Waals surface area contributed by atoms with E-state index >= 15 is 0 Å². The number of amides is 1.